The van der Waals surface area contributed by atoms with Crippen molar-refractivity contribution in [2.75, 3.05) is 41.0 Å². The SMILES string of the molecule is COc1cc(CN2CCC(NCC3CC3)CC2)cc(OC)c1OC. The Balaban J connectivity index is 1.55. The average molecular weight is 334 g/mol. The van der Waals surface area contributed by atoms with Crippen molar-refractivity contribution in [3.8, 4) is 17.2 Å². The normalized spacial score (nSPS) is 19.3. The fraction of sp³-hybridized carbons (Fsp3) is 0.684. The number of nitrogens with zero attached hydrogens (tertiary/aromatic N) is 1. The van der Waals surface area contributed by atoms with Crippen LogP contribution in [0.4, 0.5) is 0 Å². The molecule has 1 saturated carbocycles. The van der Waals surface area contributed by atoms with Crippen molar-refractivity contribution < 1.29 is 14.2 Å². The Labute approximate surface area is 145 Å². The van der Waals surface area contributed by atoms with Gasteiger partial charge >= 0.3 is 0 Å². The summed E-state index contributed by atoms with van der Waals surface area (Å²) < 4.78 is 16.3. The minimum atomic E-state index is 0.659. The lowest BCUT2D eigenvalue weighted by Crippen LogP contribution is -2.42. The Bertz CT molecular complexity index is 512. The smallest absolute Gasteiger partial charge is 0.203 e. The summed E-state index contributed by atoms with van der Waals surface area (Å²) in [5.41, 5.74) is 1.20. The van der Waals surface area contributed by atoms with Crippen LogP contribution in [0, 0.1) is 5.92 Å². The van der Waals surface area contributed by atoms with Crippen molar-refractivity contribution in [1.29, 1.82) is 0 Å². The van der Waals surface area contributed by atoms with Crippen molar-refractivity contribution in [3.63, 3.8) is 0 Å². The summed E-state index contributed by atoms with van der Waals surface area (Å²) in [6.45, 7) is 4.42. The Kier molecular flexibility index (Phi) is 5.85. The highest BCUT2D eigenvalue weighted by Gasteiger charge is 2.24. The van der Waals surface area contributed by atoms with E-state index in [0.29, 0.717) is 11.8 Å². The molecule has 1 aromatic rings. The number of piperidine rings is 1. The Morgan fingerprint density at radius 1 is 0.958 bits per heavy atom. The molecule has 1 N–H and O–H groups in total. The monoisotopic (exact) mass is 334 g/mol. The van der Waals surface area contributed by atoms with E-state index in [4.69, 9.17) is 14.2 Å². The van der Waals surface area contributed by atoms with Gasteiger partial charge in [0, 0.05) is 12.6 Å². The standard InChI is InChI=1S/C19H30N2O3/c1-22-17-10-15(11-18(23-2)19(17)24-3)13-21-8-6-16(7-9-21)20-12-14-4-5-14/h10-11,14,16,20H,4-9,12-13H2,1-3H3. The quantitative estimate of drug-likeness (QED) is 0.792. The maximum absolute atomic E-state index is 5.45. The van der Waals surface area contributed by atoms with Gasteiger partial charge in [-0.1, -0.05) is 0 Å². The fourth-order valence-electron chi connectivity index (χ4n) is 3.44. The van der Waals surface area contributed by atoms with Crippen molar-refractivity contribution in [1.82, 2.24) is 10.2 Å². The topological polar surface area (TPSA) is 43.0 Å². The molecule has 3 rings (SSSR count). The van der Waals surface area contributed by atoms with Crippen LogP contribution in [0.25, 0.3) is 0 Å². The number of ether oxygens (including phenoxy) is 3. The van der Waals surface area contributed by atoms with Crippen LogP contribution in [0.15, 0.2) is 12.1 Å². The van der Waals surface area contributed by atoms with Gasteiger partial charge in [0.1, 0.15) is 0 Å². The molecule has 0 atom stereocenters. The molecule has 0 spiro atoms. The number of nitrogens with one attached hydrogen (secondary N) is 1. The van der Waals surface area contributed by atoms with E-state index in [-0.39, 0.29) is 0 Å². The lowest BCUT2D eigenvalue weighted by Gasteiger charge is -2.32. The van der Waals surface area contributed by atoms with Gasteiger partial charge in [-0.15, -0.1) is 0 Å². The second-order valence-corrected chi connectivity index (χ2v) is 6.94. The molecule has 0 unspecified atom stereocenters. The van der Waals surface area contributed by atoms with Crippen LogP contribution in [0.1, 0.15) is 31.2 Å². The summed E-state index contributed by atoms with van der Waals surface area (Å²) in [5.74, 6) is 3.08. The summed E-state index contributed by atoms with van der Waals surface area (Å²) in [5, 5.41) is 3.74. The lowest BCUT2D eigenvalue weighted by atomic mass is 10.0. The zero-order valence-corrected chi connectivity index (χ0v) is 15.1. The minimum absolute atomic E-state index is 0.659. The first kappa shape index (κ1) is 17.4. The molecule has 24 heavy (non-hydrogen) atoms. The lowest BCUT2D eigenvalue weighted by molar-refractivity contribution is 0.189. The number of hydrogen-bond acceptors (Lipinski definition) is 5. The van der Waals surface area contributed by atoms with Crippen molar-refractivity contribution in [2.45, 2.75) is 38.3 Å². The van der Waals surface area contributed by atoms with E-state index in [1.54, 1.807) is 21.3 Å². The van der Waals surface area contributed by atoms with Crippen molar-refractivity contribution in [2.24, 2.45) is 5.92 Å². The number of rotatable bonds is 8. The minimum Gasteiger partial charge on any atom is -0.493 e. The van der Waals surface area contributed by atoms with Gasteiger partial charge in [0.25, 0.3) is 0 Å². The van der Waals surface area contributed by atoms with Crippen molar-refractivity contribution in [3.05, 3.63) is 17.7 Å². The number of likely N-dealkylation sites (tertiary alicyclic amines) is 1. The summed E-state index contributed by atoms with van der Waals surface area (Å²) in [7, 11) is 4.97. The molecule has 0 aromatic heterocycles. The molecular weight excluding hydrogens is 304 g/mol. The van der Waals surface area contributed by atoms with E-state index in [0.717, 1.165) is 37.1 Å². The van der Waals surface area contributed by atoms with Gasteiger partial charge in [0.05, 0.1) is 21.3 Å². The first-order valence-corrected chi connectivity index (χ1v) is 8.98. The van der Waals surface area contributed by atoms with Crippen LogP contribution in [-0.2, 0) is 6.54 Å². The Morgan fingerprint density at radius 3 is 2.08 bits per heavy atom. The van der Waals surface area contributed by atoms with Crippen LogP contribution in [0.5, 0.6) is 17.2 Å². The zero-order chi connectivity index (χ0) is 16.9. The van der Waals surface area contributed by atoms with Gasteiger partial charge in [0.2, 0.25) is 5.75 Å². The molecule has 5 heteroatoms. The van der Waals surface area contributed by atoms with Gasteiger partial charge in [-0.3, -0.25) is 4.90 Å². The summed E-state index contributed by atoms with van der Waals surface area (Å²) in [4.78, 5) is 2.51. The van der Waals surface area contributed by atoms with E-state index in [1.165, 1.54) is 37.8 Å². The molecule has 1 aliphatic heterocycles. The zero-order valence-electron chi connectivity index (χ0n) is 15.1. The average Bonchev–Trinajstić information content (AvgIpc) is 3.44. The van der Waals surface area contributed by atoms with Crippen molar-refractivity contribution >= 4 is 0 Å². The van der Waals surface area contributed by atoms with E-state index < -0.39 is 0 Å². The van der Waals surface area contributed by atoms with E-state index in [2.05, 4.69) is 22.3 Å². The third-order valence-electron chi connectivity index (χ3n) is 5.11. The maximum atomic E-state index is 5.45. The number of methoxy groups -OCH3 is 3. The first-order valence-electron chi connectivity index (χ1n) is 8.98. The molecule has 1 heterocycles. The second kappa shape index (κ2) is 8.08. The van der Waals surface area contributed by atoms with E-state index >= 15 is 0 Å². The highest BCUT2D eigenvalue weighted by atomic mass is 16.5. The highest BCUT2D eigenvalue weighted by Crippen LogP contribution is 2.38. The van der Waals surface area contributed by atoms with Gasteiger partial charge in [-0.2, -0.15) is 0 Å². The molecule has 134 valence electrons. The fourth-order valence-corrected chi connectivity index (χ4v) is 3.44. The summed E-state index contributed by atoms with van der Waals surface area (Å²) in [6.07, 6.45) is 5.31. The van der Waals surface area contributed by atoms with Gasteiger partial charge in [0.15, 0.2) is 11.5 Å². The summed E-state index contributed by atoms with van der Waals surface area (Å²) in [6, 6.07) is 4.80. The van der Waals surface area contributed by atoms with Crippen LogP contribution in [0.3, 0.4) is 0 Å². The molecule has 5 nitrogen and oxygen atoms in total. The van der Waals surface area contributed by atoms with E-state index in [1.807, 2.05) is 0 Å². The molecule has 0 amide bonds. The second-order valence-electron chi connectivity index (χ2n) is 6.94. The van der Waals surface area contributed by atoms with Gasteiger partial charge in [-0.05, 0) is 68.9 Å². The first-order chi connectivity index (χ1) is 11.7. The third-order valence-corrected chi connectivity index (χ3v) is 5.11. The third kappa shape index (κ3) is 4.33. The molecule has 1 aliphatic carbocycles. The molecule has 1 saturated heterocycles. The Morgan fingerprint density at radius 2 is 1.58 bits per heavy atom. The molecule has 0 radical (unpaired) electrons. The number of hydrogen-bond donors (Lipinski definition) is 1. The number of benzene rings is 1. The predicted octanol–water partition coefficient (Wildman–Crippen LogP) is 2.68. The summed E-state index contributed by atoms with van der Waals surface area (Å²) >= 11 is 0. The van der Waals surface area contributed by atoms with Gasteiger partial charge < -0.3 is 19.5 Å². The molecule has 0 bridgehead atoms. The molecule has 1 aromatic carbocycles. The molecule has 2 aliphatic rings. The van der Waals surface area contributed by atoms with Gasteiger partial charge in [-0.25, -0.2) is 0 Å². The van der Waals surface area contributed by atoms with Crippen LogP contribution >= 0.6 is 0 Å². The Hall–Kier alpha value is -1.46. The largest absolute Gasteiger partial charge is 0.493 e. The van der Waals surface area contributed by atoms with Crippen LogP contribution in [-0.4, -0.2) is 51.9 Å². The molecule has 2 fully saturated rings. The predicted molar refractivity (Wildman–Crippen MR) is 95.1 cm³/mol. The maximum Gasteiger partial charge on any atom is 0.203 e. The molecular formula is C19H30N2O3. The van der Waals surface area contributed by atoms with Crippen LogP contribution < -0.4 is 19.5 Å². The van der Waals surface area contributed by atoms with Crippen LogP contribution in [0.2, 0.25) is 0 Å². The highest BCUT2D eigenvalue weighted by molar-refractivity contribution is 5.53. The van der Waals surface area contributed by atoms with E-state index in [9.17, 15) is 0 Å².